The smallest absolute Gasteiger partial charge is 0.138 e. The molecule has 1 fully saturated rings. The Labute approximate surface area is 117 Å². The highest BCUT2D eigenvalue weighted by molar-refractivity contribution is 4.95. The number of nitrogens with zero attached hydrogens (tertiary/aromatic N) is 3. The summed E-state index contributed by atoms with van der Waals surface area (Å²) in [6, 6.07) is 0.535. The summed E-state index contributed by atoms with van der Waals surface area (Å²) in [5.74, 6) is 3.40. The van der Waals surface area contributed by atoms with Crippen LogP contribution in [0.1, 0.15) is 46.4 Å². The summed E-state index contributed by atoms with van der Waals surface area (Å²) < 4.78 is 2.08. The highest BCUT2D eigenvalue weighted by atomic mass is 15.3. The van der Waals surface area contributed by atoms with Crippen LogP contribution in [-0.4, -0.2) is 27.4 Å². The van der Waals surface area contributed by atoms with Crippen LogP contribution in [0.25, 0.3) is 0 Å². The lowest BCUT2D eigenvalue weighted by Crippen LogP contribution is -2.38. The molecule has 2 atom stereocenters. The maximum absolute atomic E-state index is 4.47. The molecule has 0 amide bonds. The van der Waals surface area contributed by atoms with Crippen molar-refractivity contribution >= 4 is 0 Å². The second kappa shape index (κ2) is 6.51. The van der Waals surface area contributed by atoms with Gasteiger partial charge in [-0.25, -0.2) is 9.67 Å². The summed E-state index contributed by atoms with van der Waals surface area (Å²) >= 11 is 0. The van der Waals surface area contributed by atoms with Gasteiger partial charge in [-0.1, -0.05) is 27.7 Å². The van der Waals surface area contributed by atoms with Crippen LogP contribution in [0.4, 0.5) is 0 Å². The van der Waals surface area contributed by atoms with Crippen molar-refractivity contribution in [2.24, 2.45) is 17.8 Å². The molecule has 0 aromatic carbocycles. The van der Waals surface area contributed by atoms with Gasteiger partial charge >= 0.3 is 0 Å². The van der Waals surface area contributed by atoms with Crippen molar-refractivity contribution < 1.29 is 0 Å². The van der Waals surface area contributed by atoms with Crippen LogP contribution in [-0.2, 0) is 13.0 Å². The lowest BCUT2D eigenvalue weighted by Gasteiger charge is -2.24. The zero-order chi connectivity index (χ0) is 13.8. The summed E-state index contributed by atoms with van der Waals surface area (Å²) in [7, 11) is 0. The minimum Gasteiger partial charge on any atom is -0.314 e. The average molecular weight is 264 g/mol. The fourth-order valence-electron chi connectivity index (χ4n) is 2.80. The lowest BCUT2D eigenvalue weighted by molar-refractivity contribution is 0.332. The van der Waals surface area contributed by atoms with E-state index in [9.17, 15) is 0 Å². The normalized spacial score (nSPS) is 18.8. The van der Waals surface area contributed by atoms with Crippen molar-refractivity contribution in [3.05, 3.63) is 12.2 Å². The molecule has 108 valence electrons. The van der Waals surface area contributed by atoms with E-state index in [2.05, 4.69) is 47.8 Å². The summed E-state index contributed by atoms with van der Waals surface area (Å²) in [5, 5.41) is 8.01. The molecule has 0 spiro atoms. The van der Waals surface area contributed by atoms with Crippen LogP contribution in [0.15, 0.2) is 6.33 Å². The number of likely N-dealkylation sites (N-methyl/N-ethyl adjacent to an activating group) is 1. The Balaban J connectivity index is 2.01. The number of hydrogen-bond donors (Lipinski definition) is 1. The second-order valence-corrected chi connectivity index (χ2v) is 6.32. The SMILES string of the molecule is CCNC(Cc1ncnn1CC(C)C)C(C)C1CC1. The van der Waals surface area contributed by atoms with Gasteiger partial charge < -0.3 is 5.32 Å². The van der Waals surface area contributed by atoms with Crippen LogP contribution in [0, 0.1) is 17.8 Å². The summed E-state index contributed by atoms with van der Waals surface area (Å²) in [5.41, 5.74) is 0. The molecule has 4 heteroatoms. The minimum absolute atomic E-state index is 0.535. The van der Waals surface area contributed by atoms with Crippen molar-refractivity contribution in [3.63, 3.8) is 0 Å². The van der Waals surface area contributed by atoms with Crippen LogP contribution < -0.4 is 5.32 Å². The molecule has 4 nitrogen and oxygen atoms in total. The number of rotatable bonds is 8. The van der Waals surface area contributed by atoms with E-state index in [0.29, 0.717) is 12.0 Å². The van der Waals surface area contributed by atoms with Gasteiger partial charge in [0.05, 0.1) is 0 Å². The van der Waals surface area contributed by atoms with Gasteiger partial charge in [0, 0.05) is 19.0 Å². The third kappa shape index (κ3) is 4.03. The molecule has 0 aliphatic heterocycles. The van der Waals surface area contributed by atoms with Crippen LogP contribution >= 0.6 is 0 Å². The fourth-order valence-corrected chi connectivity index (χ4v) is 2.80. The van der Waals surface area contributed by atoms with E-state index in [1.54, 1.807) is 6.33 Å². The van der Waals surface area contributed by atoms with Crippen molar-refractivity contribution in [1.29, 1.82) is 0 Å². The molecular formula is C15H28N4. The summed E-state index contributed by atoms with van der Waals surface area (Å²) in [6.45, 7) is 11.0. The highest BCUT2D eigenvalue weighted by Crippen LogP contribution is 2.38. The molecule has 1 heterocycles. The van der Waals surface area contributed by atoms with Gasteiger partial charge in [0.1, 0.15) is 12.2 Å². The maximum atomic E-state index is 4.47. The van der Waals surface area contributed by atoms with E-state index >= 15 is 0 Å². The van der Waals surface area contributed by atoms with Crippen LogP contribution in [0.3, 0.4) is 0 Å². The first-order valence-corrected chi connectivity index (χ1v) is 7.71. The molecule has 1 aliphatic rings. The van der Waals surface area contributed by atoms with E-state index in [-0.39, 0.29) is 0 Å². The zero-order valence-electron chi connectivity index (χ0n) is 12.8. The molecule has 2 rings (SSSR count). The largest absolute Gasteiger partial charge is 0.314 e. The molecule has 1 aliphatic carbocycles. The Kier molecular flexibility index (Phi) is 4.97. The van der Waals surface area contributed by atoms with Crippen molar-refractivity contribution in [2.45, 2.75) is 59.5 Å². The zero-order valence-corrected chi connectivity index (χ0v) is 12.8. The molecule has 1 aromatic rings. The van der Waals surface area contributed by atoms with E-state index in [4.69, 9.17) is 0 Å². The Morgan fingerprint density at radius 3 is 2.68 bits per heavy atom. The van der Waals surface area contributed by atoms with Gasteiger partial charge in [0.25, 0.3) is 0 Å². The van der Waals surface area contributed by atoms with Gasteiger partial charge in [-0.15, -0.1) is 0 Å². The van der Waals surface area contributed by atoms with Crippen LogP contribution in [0.5, 0.6) is 0 Å². The molecule has 19 heavy (non-hydrogen) atoms. The summed E-state index contributed by atoms with van der Waals surface area (Å²) in [6.07, 6.45) is 5.50. The predicted octanol–water partition coefficient (Wildman–Crippen LogP) is 2.50. The second-order valence-electron chi connectivity index (χ2n) is 6.32. The van der Waals surface area contributed by atoms with Gasteiger partial charge in [-0.3, -0.25) is 0 Å². The molecular weight excluding hydrogens is 236 g/mol. The molecule has 0 bridgehead atoms. The van der Waals surface area contributed by atoms with E-state index in [1.165, 1.54) is 12.8 Å². The van der Waals surface area contributed by atoms with Gasteiger partial charge in [-0.05, 0) is 37.1 Å². The van der Waals surface area contributed by atoms with Crippen LogP contribution in [0.2, 0.25) is 0 Å². The predicted molar refractivity (Wildman–Crippen MR) is 77.9 cm³/mol. The topological polar surface area (TPSA) is 42.7 Å². The molecule has 1 aromatic heterocycles. The van der Waals surface area contributed by atoms with E-state index in [1.807, 2.05) is 0 Å². The van der Waals surface area contributed by atoms with Crippen molar-refractivity contribution in [1.82, 2.24) is 20.1 Å². The number of nitrogens with one attached hydrogen (secondary N) is 1. The monoisotopic (exact) mass is 264 g/mol. The molecule has 0 radical (unpaired) electrons. The van der Waals surface area contributed by atoms with Gasteiger partial charge in [-0.2, -0.15) is 5.10 Å². The van der Waals surface area contributed by atoms with Crippen molar-refractivity contribution in [3.8, 4) is 0 Å². The Morgan fingerprint density at radius 1 is 1.37 bits per heavy atom. The minimum atomic E-state index is 0.535. The third-order valence-corrected chi connectivity index (χ3v) is 4.10. The maximum Gasteiger partial charge on any atom is 0.138 e. The number of aromatic nitrogens is 3. The van der Waals surface area contributed by atoms with Gasteiger partial charge in [0.2, 0.25) is 0 Å². The Hall–Kier alpha value is -0.900. The number of hydrogen-bond acceptors (Lipinski definition) is 3. The van der Waals surface area contributed by atoms with E-state index < -0.39 is 0 Å². The quantitative estimate of drug-likeness (QED) is 0.784. The first-order valence-electron chi connectivity index (χ1n) is 7.71. The summed E-state index contributed by atoms with van der Waals surface area (Å²) in [4.78, 5) is 4.47. The molecule has 0 saturated heterocycles. The average Bonchev–Trinajstić information content (AvgIpc) is 3.12. The van der Waals surface area contributed by atoms with E-state index in [0.717, 1.165) is 37.2 Å². The first kappa shape index (κ1) is 14.5. The lowest BCUT2D eigenvalue weighted by atomic mass is 9.93. The fraction of sp³-hybridized carbons (Fsp3) is 0.867. The third-order valence-electron chi connectivity index (χ3n) is 4.10. The molecule has 1 N–H and O–H groups in total. The highest BCUT2D eigenvalue weighted by Gasteiger charge is 2.33. The molecule has 1 saturated carbocycles. The first-order chi connectivity index (χ1) is 9.11. The standard InChI is InChI=1S/C15H28N4/c1-5-16-14(12(4)13-6-7-13)8-15-17-10-18-19(15)9-11(2)3/h10-14,16H,5-9H2,1-4H3. The van der Waals surface area contributed by atoms with Crippen molar-refractivity contribution in [2.75, 3.05) is 6.54 Å². The Morgan fingerprint density at radius 2 is 2.11 bits per heavy atom. The Bertz CT molecular complexity index is 381. The van der Waals surface area contributed by atoms with Gasteiger partial charge in [0.15, 0.2) is 0 Å². The molecule has 2 unspecified atom stereocenters.